The van der Waals surface area contributed by atoms with Gasteiger partial charge in [-0.3, -0.25) is 4.79 Å². The maximum absolute atomic E-state index is 11.4. The summed E-state index contributed by atoms with van der Waals surface area (Å²) in [6.45, 7) is 0. The van der Waals surface area contributed by atoms with E-state index in [1.54, 1.807) is 14.2 Å². The van der Waals surface area contributed by atoms with Gasteiger partial charge in [0.1, 0.15) is 5.78 Å². The quantitative estimate of drug-likeness (QED) is 0.760. The zero-order valence-electron chi connectivity index (χ0n) is 8.95. The van der Waals surface area contributed by atoms with Crippen LogP contribution in [0.5, 0.6) is 11.5 Å². The first-order valence-corrected chi connectivity index (χ1v) is 5.01. The Bertz CT molecular complexity index is 384. The van der Waals surface area contributed by atoms with Crippen LogP contribution in [0.15, 0.2) is 18.2 Å². The molecule has 0 radical (unpaired) electrons. The van der Waals surface area contributed by atoms with Crippen LogP contribution in [0.1, 0.15) is 24.3 Å². The van der Waals surface area contributed by atoms with Crippen LogP contribution < -0.4 is 9.47 Å². The molecule has 1 atom stereocenters. The Labute approximate surface area is 89.0 Å². The monoisotopic (exact) mass is 206 g/mol. The van der Waals surface area contributed by atoms with E-state index in [0.717, 1.165) is 12.0 Å². The highest BCUT2D eigenvalue weighted by atomic mass is 16.5. The molecular weight excluding hydrogens is 192 g/mol. The van der Waals surface area contributed by atoms with Gasteiger partial charge >= 0.3 is 0 Å². The van der Waals surface area contributed by atoms with Crippen molar-refractivity contribution in [3.8, 4) is 11.5 Å². The van der Waals surface area contributed by atoms with Gasteiger partial charge in [-0.2, -0.15) is 0 Å². The third kappa shape index (κ3) is 1.58. The van der Waals surface area contributed by atoms with Gasteiger partial charge in [0.25, 0.3) is 0 Å². The second-order valence-electron chi connectivity index (χ2n) is 3.64. The van der Waals surface area contributed by atoms with E-state index in [9.17, 15) is 4.79 Å². The molecule has 0 aliphatic heterocycles. The second kappa shape index (κ2) is 3.93. The lowest BCUT2D eigenvalue weighted by Crippen LogP contribution is -2.23. The summed E-state index contributed by atoms with van der Waals surface area (Å²) >= 11 is 0. The first-order valence-electron chi connectivity index (χ1n) is 5.01. The van der Waals surface area contributed by atoms with Gasteiger partial charge in [-0.15, -0.1) is 0 Å². The van der Waals surface area contributed by atoms with Crippen molar-refractivity contribution in [3.05, 3.63) is 23.8 Å². The van der Waals surface area contributed by atoms with Gasteiger partial charge in [-0.05, 0) is 12.5 Å². The molecule has 0 spiro atoms. The fourth-order valence-electron chi connectivity index (χ4n) is 1.92. The van der Waals surface area contributed by atoms with Crippen molar-refractivity contribution in [1.29, 1.82) is 0 Å². The van der Waals surface area contributed by atoms with Crippen LogP contribution in [0.2, 0.25) is 0 Å². The molecular formula is C12H14O3. The second-order valence-corrected chi connectivity index (χ2v) is 3.64. The summed E-state index contributed by atoms with van der Waals surface area (Å²) < 4.78 is 10.5. The van der Waals surface area contributed by atoms with E-state index in [0.29, 0.717) is 23.7 Å². The first kappa shape index (κ1) is 10.0. The Kier molecular flexibility index (Phi) is 2.62. The topological polar surface area (TPSA) is 35.5 Å². The van der Waals surface area contributed by atoms with Crippen LogP contribution >= 0.6 is 0 Å². The summed E-state index contributed by atoms with van der Waals surface area (Å²) in [6, 6.07) is 5.66. The number of hydrogen-bond acceptors (Lipinski definition) is 3. The van der Waals surface area contributed by atoms with Crippen LogP contribution in [0.4, 0.5) is 0 Å². The predicted octanol–water partition coefficient (Wildman–Crippen LogP) is 2.15. The van der Waals surface area contributed by atoms with Gasteiger partial charge in [-0.1, -0.05) is 12.1 Å². The highest BCUT2D eigenvalue weighted by molar-refractivity contribution is 5.92. The smallest absolute Gasteiger partial charge is 0.164 e. The van der Waals surface area contributed by atoms with E-state index in [1.165, 1.54) is 0 Å². The standard InChI is InChI=1S/C12H14O3/c1-14-11-5-3-4-9(12(11)15-2)8-6-7-10(8)13/h3-5,8H,6-7H2,1-2H3. The molecule has 0 bridgehead atoms. The average Bonchev–Trinajstić information content (AvgIpc) is 2.26. The lowest BCUT2D eigenvalue weighted by atomic mass is 9.78. The van der Waals surface area contributed by atoms with E-state index in [-0.39, 0.29) is 5.92 Å². The molecule has 0 heterocycles. The summed E-state index contributed by atoms with van der Waals surface area (Å²) in [5.41, 5.74) is 0.952. The van der Waals surface area contributed by atoms with Gasteiger partial charge in [-0.25, -0.2) is 0 Å². The van der Waals surface area contributed by atoms with E-state index in [4.69, 9.17) is 9.47 Å². The summed E-state index contributed by atoms with van der Waals surface area (Å²) in [5.74, 6) is 1.68. The normalized spacial score (nSPS) is 19.6. The van der Waals surface area contributed by atoms with E-state index >= 15 is 0 Å². The molecule has 0 aromatic heterocycles. The number of rotatable bonds is 3. The molecule has 1 aromatic rings. The zero-order valence-corrected chi connectivity index (χ0v) is 8.95. The Morgan fingerprint density at radius 3 is 2.53 bits per heavy atom. The number of Topliss-reactive ketones (excluding diaryl/α,β-unsaturated/α-hetero) is 1. The molecule has 1 aliphatic rings. The van der Waals surface area contributed by atoms with Crippen LogP contribution in [0.25, 0.3) is 0 Å². The molecule has 1 fully saturated rings. The van der Waals surface area contributed by atoms with Gasteiger partial charge in [0.15, 0.2) is 11.5 Å². The lowest BCUT2D eigenvalue weighted by molar-refractivity contribution is -0.125. The van der Waals surface area contributed by atoms with Crippen molar-refractivity contribution in [2.45, 2.75) is 18.8 Å². The molecule has 0 N–H and O–H groups in total. The number of methoxy groups -OCH3 is 2. The fourth-order valence-corrected chi connectivity index (χ4v) is 1.92. The van der Waals surface area contributed by atoms with E-state index < -0.39 is 0 Å². The predicted molar refractivity (Wildman–Crippen MR) is 56.5 cm³/mol. The molecule has 80 valence electrons. The molecule has 1 saturated carbocycles. The highest BCUT2D eigenvalue weighted by Gasteiger charge is 2.32. The Balaban J connectivity index is 2.41. The molecule has 0 amide bonds. The number of carbonyl (C=O) groups is 1. The molecule has 2 rings (SSSR count). The van der Waals surface area contributed by atoms with Crippen LogP contribution in [-0.4, -0.2) is 20.0 Å². The minimum absolute atomic E-state index is 0.00931. The molecule has 3 heteroatoms. The number of para-hydroxylation sites is 1. The van der Waals surface area contributed by atoms with Crippen molar-refractivity contribution in [3.63, 3.8) is 0 Å². The maximum atomic E-state index is 11.4. The van der Waals surface area contributed by atoms with Gasteiger partial charge in [0, 0.05) is 17.9 Å². The van der Waals surface area contributed by atoms with E-state index in [2.05, 4.69) is 0 Å². The van der Waals surface area contributed by atoms with Gasteiger partial charge < -0.3 is 9.47 Å². The fraction of sp³-hybridized carbons (Fsp3) is 0.417. The zero-order chi connectivity index (χ0) is 10.8. The molecule has 3 nitrogen and oxygen atoms in total. The summed E-state index contributed by atoms with van der Waals surface area (Å²) in [7, 11) is 3.20. The van der Waals surface area contributed by atoms with Crippen molar-refractivity contribution in [1.82, 2.24) is 0 Å². The Morgan fingerprint density at radius 2 is 2.07 bits per heavy atom. The highest BCUT2D eigenvalue weighted by Crippen LogP contribution is 2.42. The largest absolute Gasteiger partial charge is 0.493 e. The van der Waals surface area contributed by atoms with Crippen LogP contribution in [0, 0.1) is 0 Å². The minimum Gasteiger partial charge on any atom is -0.493 e. The van der Waals surface area contributed by atoms with Gasteiger partial charge in [0.05, 0.1) is 14.2 Å². The van der Waals surface area contributed by atoms with Crippen molar-refractivity contribution in [2.75, 3.05) is 14.2 Å². The molecule has 1 unspecified atom stereocenters. The van der Waals surface area contributed by atoms with Gasteiger partial charge in [0.2, 0.25) is 0 Å². The van der Waals surface area contributed by atoms with Crippen LogP contribution in [-0.2, 0) is 4.79 Å². The number of carbonyl (C=O) groups excluding carboxylic acids is 1. The lowest BCUT2D eigenvalue weighted by Gasteiger charge is -2.26. The third-order valence-electron chi connectivity index (χ3n) is 2.88. The third-order valence-corrected chi connectivity index (χ3v) is 2.88. The number of benzene rings is 1. The molecule has 1 aromatic carbocycles. The summed E-state index contributed by atoms with van der Waals surface area (Å²) in [5, 5.41) is 0. The van der Waals surface area contributed by atoms with Crippen LogP contribution in [0.3, 0.4) is 0 Å². The van der Waals surface area contributed by atoms with Crippen molar-refractivity contribution >= 4 is 5.78 Å². The Hall–Kier alpha value is -1.51. The summed E-state index contributed by atoms with van der Waals surface area (Å²) in [4.78, 5) is 11.4. The average molecular weight is 206 g/mol. The molecule has 15 heavy (non-hydrogen) atoms. The Morgan fingerprint density at radius 1 is 1.27 bits per heavy atom. The van der Waals surface area contributed by atoms with Crippen molar-refractivity contribution in [2.24, 2.45) is 0 Å². The van der Waals surface area contributed by atoms with Crippen molar-refractivity contribution < 1.29 is 14.3 Å². The molecule has 0 saturated heterocycles. The number of ether oxygens (including phenoxy) is 2. The summed E-state index contributed by atoms with van der Waals surface area (Å²) in [6.07, 6.45) is 1.60. The minimum atomic E-state index is 0.00931. The first-order chi connectivity index (χ1) is 7.27. The number of hydrogen-bond donors (Lipinski definition) is 0. The number of ketones is 1. The maximum Gasteiger partial charge on any atom is 0.164 e. The van der Waals surface area contributed by atoms with E-state index in [1.807, 2.05) is 18.2 Å². The SMILES string of the molecule is COc1cccc(C2CCC2=O)c1OC. The molecule has 1 aliphatic carbocycles.